The fourth-order valence-corrected chi connectivity index (χ4v) is 3.75. The summed E-state index contributed by atoms with van der Waals surface area (Å²) in [4.78, 5) is 25.8. The van der Waals surface area contributed by atoms with Gasteiger partial charge in [0.05, 0.1) is 12.7 Å². The molecule has 0 aliphatic heterocycles. The molecule has 35 heavy (non-hydrogen) atoms. The van der Waals surface area contributed by atoms with Crippen molar-refractivity contribution in [2.45, 2.75) is 52.0 Å². The van der Waals surface area contributed by atoms with E-state index in [1.807, 2.05) is 66.7 Å². The summed E-state index contributed by atoms with van der Waals surface area (Å²) in [7, 11) is 0. The second-order valence-corrected chi connectivity index (χ2v) is 9.42. The molecule has 0 fully saturated rings. The highest BCUT2D eigenvalue weighted by molar-refractivity contribution is 6.06. The Kier molecular flexibility index (Phi) is 7.07. The van der Waals surface area contributed by atoms with E-state index < -0.39 is 29.7 Å². The van der Waals surface area contributed by atoms with Gasteiger partial charge in [-0.25, -0.2) is 4.79 Å². The number of carbonyl (C=O) groups excluding carboxylic acids is 2. The largest absolute Gasteiger partial charge is 0.456 e. The Balaban J connectivity index is 1.52. The minimum absolute atomic E-state index is 0.298. The number of rotatable bonds is 7. The van der Waals surface area contributed by atoms with Crippen molar-refractivity contribution in [3.05, 3.63) is 78.4 Å². The maximum atomic E-state index is 13.3. The average Bonchev–Trinajstić information content (AvgIpc) is 3.18. The molecule has 4 aromatic rings. The lowest BCUT2D eigenvalue weighted by atomic mass is 10.1. The molecule has 2 N–H and O–H groups in total. The van der Waals surface area contributed by atoms with E-state index in [4.69, 9.17) is 13.9 Å². The summed E-state index contributed by atoms with van der Waals surface area (Å²) in [6.07, 6.45) is -1.32. The van der Waals surface area contributed by atoms with Gasteiger partial charge in [-0.15, -0.1) is 0 Å². The fourth-order valence-electron chi connectivity index (χ4n) is 3.75. The lowest BCUT2D eigenvalue weighted by Crippen LogP contribution is -2.52. The summed E-state index contributed by atoms with van der Waals surface area (Å²) in [5.41, 5.74) is 2.25. The zero-order chi connectivity index (χ0) is 25.0. The quantitative estimate of drug-likeness (QED) is 0.342. The molecule has 7 heteroatoms. The van der Waals surface area contributed by atoms with Crippen molar-refractivity contribution in [1.82, 2.24) is 5.32 Å². The van der Waals surface area contributed by atoms with Gasteiger partial charge in [0.15, 0.2) is 0 Å². The van der Waals surface area contributed by atoms with Crippen LogP contribution in [-0.4, -0.2) is 29.7 Å². The molecule has 182 valence electrons. The van der Waals surface area contributed by atoms with E-state index in [0.717, 1.165) is 21.9 Å². The van der Waals surface area contributed by atoms with Crippen LogP contribution in [0, 0.1) is 0 Å². The molecule has 0 bridgehead atoms. The van der Waals surface area contributed by atoms with Crippen LogP contribution >= 0.6 is 0 Å². The fraction of sp³-hybridized carbons (Fsp3) is 0.286. The predicted molar refractivity (Wildman–Crippen MR) is 136 cm³/mol. The lowest BCUT2D eigenvalue weighted by Gasteiger charge is -2.27. The highest BCUT2D eigenvalue weighted by atomic mass is 16.6. The number of hydrogen-bond donors (Lipinski definition) is 2. The van der Waals surface area contributed by atoms with E-state index in [-0.39, 0.29) is 0 Å². The number of hydrogen-bond acceptors (Lipinski definition) is 5. The van der Waals surface area contributed by atoms with Crippen LogP contribution in [0.2, 0.25) is 0 Å². The molecule has 1 aromatic heterocycles. The van der Waals surface area contributed by atoms with Gasteiger partial charge < -0.3 is 24.5 Å². The smallest absolute Gasteiger partial charge is 0.408 e. The molecule has 0 radical (unpaired) electrons. The lowest BCUT2D eigenvalue weighted by molar-refractivity contribution is -0.122. The first-order valence-corrected chi connectivity index (χ1v) is 11.6. The number of para-hydroxylation sites is 1. The molecule has 1 heterocycles. The Morgan fingerprint density at radius 3 is 2.34 bits per heavy atom. The molecule has 4 rings (SSSR count). The van der Waals surface area contributed by atoms with E-state index in [2.05, 4.69) is 10.6 Å². The normalized spacial score (nSPS) is 13.4. The molecule has 0 saturated heterocycles. The average molecular weight is 475 g/mol. The molecule has 2 amide bonds. The van der Waals surface area contributed by atoms with Gasteiger partial charge in [0.2, 0.25) is 5.91 Å². The van der Waals surface area contributed by atoms with Crippen LogP contribution in [0.25, 0.3) is 21.9 Å². The number of anilines is 1. The Hall–Kier alpha value is -3.84. The third-order valence-corrected chi connectivity index (χ3v) is 5.43. The molecule has 0 aliphatic carbocycles. The number of ether oxygens (including phenoxy) is 2. The van der Waals surface area contributed by atoms with E-state index in [0.29, 0.717) is 17.9 Å². The first-order chi connectivity index (χ1) is 16.7. The van der Waals surface area contributed by atoms with Crippen molar-refractivity contribution in [2.75, 3.05) is 5.32 Å². The van der Waals surface area contributed by atoms with Gasteiger partial charge in [-0.05, 0) is 51.5 Å². The van der Waals surface area contributed by atoms with Gasteiger partial charge in [-0.1, -0.05) is 48.5 Å². The van der Waals surface area contributed by atoms with Crippen LogP contribution in [0.15, 0.2) is 77.2 Å². The van der Waals surface area contributed by atoms with Crippen molar-refractivity contribution < 1.29 is 23.5 Å². The number of carbonyl (C=O) groups is 2. The maximum absolute atomic E-state index is 13.3. The summed E-state index contributed by atoms with van der Waals surface area (Å²) in [6, 6.07) is 21.9. The summed E-state index contributed by atoms with van der Waals surface area (Å²) < 4.78 is 17.2. The Morgan fingerprint density at radius 1 is 0.914 bits per heavy atom. The Bertz CT molecular complexity index is 1320. The van der Waals surface area contributed by atoms with Crippen molar-refractivity contribution in [1.29, 1.82) is 0 Å². The van der Waals surface area contributed by atoms with Crippen LogP contribution < -0.4 is 10.6 Å². The second-order valence-electron chi connectivity index (χ2n) is 9.42. The number of benzene rings is 3. The molecule has 0 aliphatic rings. The minimum atomic E-state index is -0.986. The molecule has 2 atom stereocenters. The zero-order valence-electron chi connectivity index (χ0n) is 20.3. The summed E-state index contributed by atoms with van der Waals surface area (Å²) in [5.74, 6) is -0.424. The Morgan fingerprint density at radius 2 is 1.60 bits per heavy atom. The van der Waals surface area contributed by atoms with E-state index >= 15 is 0 Å². The summed E-state index contributed by atoms with van der Waals surface area (Å²) in [6.45, 7) is 7.33. The van der Waals surface area contributed by atoms with E-state index in [9.17, 15) is 9.59 Å². The third kappa shape index (κ3) is 6.19. The minimum Gasteiger partial charge on any atom is -0.456 e. The zero-order valence-corrected chi connectivity index (χ0v) is 20.3. The second kappa shape index (κ2) is 10.2. The molecule has 0 spiro atoms. The highest BCUT2D eigenvalue weighted by Crippen LogP contribution is 2.30. The number of amides is 2. The predicted octanol–water partition coefficient (Wildman–Crippen LogP) is 6.02. The molecular weight excluding hydrogens is 444 g/mol. The summed E-state index contributed by atoms with van der Waals surface area (Å²) >= 11 is 0. The van der Waals surface area contributed by atoms with Crippen LogP contribution in [0.5, 0.6) is 0 Å². The van der Waals surface area contributed by atoms with Gasteiger partial charge >= 0.3 is 6.09 Å². The van der Waals surface area contributed by atoms with Crippen molar-refractivity contribution in [3.63, 3.8) is 0 Å². The Labute approximate surface area is 204 Å². The first kappa shape index (κ1) is 24.3. The standard InChI is InChI=1S/C28H30N2O5/c1-18(33-17-19-10-6-5-7-11-19)25(30-27(32)35-28(2,3)4)26(31)29-20-14-15-22-21-12-8-9-13-23(21)34-24(22)16-20/h5-16,18,25H,17H2,1-4H3,(H,29,31)(H,30,32)/t18-,25+/m0/s1. The van der Waals surface area contributed by atoms with E-state index in [1.54, 1.807) is 33.8 Å². The SMILES string of the molecule is C[C@H](OCc1ccccc1)[C@@H](NC(=O)OC(C)(C)C)C(=O)Nc1ccc2c(c1)oc1ccccc12. The van der Waals surface area contributed by atoms with Crippen LogP contribution in [0.4, 0.5) is 10.5 Å². The number of furan rings is 1. The molecule has 7 nitrogen and oxygen atoms in total. The first-order valence-electron chi connectivity index (χ1n) is 11.6. The molecule has 0 unspecified atom stereocenters. The molecule has 0 saturated carbocycles. The number of fused-ring (bicyclic) bond motifs is 3. The van der Waals surface area contributed by atoms with Crippen molar-refractivity contribution in [2.24, 2.45) is 0 Å². The van der Waals surface area contributed by atoms with Crippen LogP contribution in [0.3, 0.4) is 0 Å². The van der Waals surface area contributed by atoms with Gasteiger partial charge in [0.1, 0.15) is 22.8 Å². The monoisotopic (exact) mass is 474 g/mol. The maximum Gasteiger partial charge on any atom is 0.408 e. The molecular formula is C28H30N2O5. The summed E-state index contributed by atoms with van der Waals surface area (Å²) in [5, 5.41) is 7.51. The highest BCUT2D eigenvalue weighted by Gasteiger charge is 2.30. The number of alkyl carbamates (subject to hydrolysis) is 1. The van der Waals surface area contributed by atoms with Gasteiger partial charge in [-0.2, -0.15) is 0 Å². The van der Waals surface area contributed by atoms with Gasteiger partial charge in [0.25, 0.3) is 0 Å². The van der Waals surface area contributed by atoms with Gasteiger partial charge in [0, 0.05) is 22.5 Å². The topological polar surface area (TPSA) is 89.8 Å². The van der Waals surface area contributed by atoms with Crippen molar-refractivity contribution >= 4 is 39.6 Å². The van der Waals surface area contributed by atoms with Crippen LogP contribution in [-0.2, 0) is 20.9 Å². The van der Waals surface area contributed by atoms with Gasteiger partial charge in [-0.3, -0.25) is 4.79 Å². The molecule has 3 aromatic carbocycles. The van der Waals surface area contributed by atoms with E-state index in [1.165, 1.54) is 0 Å². The number of nitrogens with one attached hydrogen (secondary N) is 2. The van der Waals surface area contributed by atoms with Crippen molar-refractivity contribution in [3.8, 4) is 0 Å². The van der Waals surface area contributed by atoms with Crippen LogP contribution in [0.1, 0.15) is 33.3 Å². The third-order valence-electron chi connectivity index (χ3n) is 5.43.